The van der Waals surface area contributed by atoms with Gasteiger partial charge in [0.05, 0.1) is 28.9 Å². The maximum Gasteiger partial charge on any atom is 0.424 e. The van der Waals surface area contributed by atoms with E-state index >= 15 is 0 Å². The number of rotatable bonds is 8. The van der Waals surface area contributed by atoms with Gasteiger partial charge in [-0.25, -0.2) is 27.0 Å². The van der Waals surface area contributed by atoms with E-state index in [1.54, 1.807) is 41.5 Å². The second-order valence-electron chi connectivity index (χ2n) is 13.3. The third-order valence-electron chi connectivity index (χ3n) is 7.19. The van der Waals surface area contributed by atoms with E-state index in [1.165, 1.54) is 29.1 Å². The van der Waals surface area contributed by atoms with Crippen LogP contribution in [0, 0.1) is 0 Å². The molecule has 0 radical (unpaired) electrons. The monoisotopic (exact) mass is 694 g/mol. The van der Waals surface area contributed by atoms with Crippen LogP contribution in [0.5, 0.6) is 0 Å². The Bertz CT molecular complexity index is 1820. The Morgan fingerprint density at radius 2 is 1.50 bits per heavy atom. The summed E-state index contributed by atoms with van der Waals surface area (Å²) in [5.41, 5.74) is 1.95. The molecule has 17 heteroatoms. The van der Waals surface area contributed by atoms with Gasteiger partial charge >= 0.3 is 18.4 Å². The van der Waals surface area contributed by atoms with Crippen LogP contribution in [0.3, 0.4) is 0 Å². The summed E-state index contributed by atoms with van der Waals surface area (Å²) in [4.78, 5) is 39.3. The minimum absolute atomic E-state index is 0.0120. The first-order chi connectivity index (χ1) is 21.9. The minimum Gasteiger partial charge on any atom is -0.443 e. The smallest absolute Gasteiger partial charge is 0.424 e. The van der Waals surface area contributed by atoms with Crippen LogP contribution in [0.2, 0.25) is 0 Å². The molecule has 13 nitrogen and oxygen atoms in total. The zero-order valence-electron chi connectivity index (χ0n) is 27.5. The topological polar surface area (TPSA) is 167 Å². The van der Waals surface area contributed by atoms with Crippen molar-refractivity contribution in [2.75, 3.05) is 11.9 Å². The van der Waals surface area contributed by atoms with Gasteiger partial charge in [-0.2, -0.15) is 13.2 Å². The van der Waals surface area contributed by atoms with Gasteiger partial charge in [0.25, 0.3) is 10.0 Å². The third kappa shape index (κ3) is 7.89. The first-order valence-corrected chi connectivity index (χ1v) is 16.1. The fourth-order valence-electron chi connectivity index (χ4n) is 4.55. The lowest BCUT2D eigenvalue weighted by Crippen LogP contribution is -2.38. The van der Waals surface area contributed by atoms with Crippen LogP contribution in [0.15, 0.2) is 53.6 Å². The zero-order valence-corrected chi connectivity index (χ0v) is 28.3. The van der Waals surface area contributed by atoms with Crippen LogP contribution in [0.25, 0.3) is 11.3 Å². The lowest BCUT2D eigenvalue weighted by molar-refractivity contribution is -0.137. The first kappa shape index (κ1) is 36.2. The van der Waals surface area contributed by atoms with E-state index in [2.05, 4.69) is 10.3 Å². The molecule has 0 aliphatic heterocycles. The van der Waals surface area contributed by atoms with Crippen LogP contribution in [0.1, 0.15) is 65.5 Å². The number of hydrogen-bond donors (Lipinski definition) is 1. The van der Waals surface area contributed by atoms with E-state index in [-0.39, 0.29) is 33.9 Å². The number of benzene rings is 2. The van der Waals surface area contributed by atoms with Gasteiger partial charge < -0.3 is 15.2 Å². The molecule has 0 spiro atoms. The number of alkyl halides is 3. The summed E-state index contributed by atoms with van der Waals surface area (Å²) in [6.45, 7) is 9.27. The van der Waals surface area contributed by atoms with Gasteiger partial charge in [-0.05, 0) is 90.3 Å². The van der Waals surface area contributed by atoms with Crippen molar-refractivity contribution in [3.05, 3.63) is 59.8 Å². The molecule has 4 rings (SSSR count). The molecule has 1 aliphatic rings. The molecule has 2 N–H and O–H groups in total. The summed E-state index contributed by atoms with van der Waals surface area (Å²) >= 11 is 0. The summed E-state index contributed by atoms with van der Waals surface area (Å²) in [6.07, 6.45) is -4.48. The maximum absolute atomic E-state index is 13.7. The molecule has 1 saturated carbocycles. The SMILES string of the molecule is CN(C(=O)OC(C)(C)C)S(=O)(=O)c1ccc(N(Cc2ccc(C(F)(F)F)cc2)C(=O)OC(C)(C)C)c(-c2cn(C3(C(N)=O)CC3)nn2)c1. The molecule has 260 valence electrons. The predicted octanol–water partition coefficient (Wildman–Crippen LogP) is 5.44. The number of anilines is 1. The minimum atomic E-state index is -4.58. The second kappa shape index (κ2) is 12.4. The van der Waals surface area contributed by atoms with Crippen molar-refractivity contribution < 1.29 is 45.4 Å². The number of halogens is 3. The summed E-state index contributed by atoms with van der Waals surface area (Å²) in [5.74, 6) is -0.646. The third-order valence-corrected chi connectivity index (χ3v) is 8.91. The van der Waals surface area contributed by atoms with Gasteiger partial charge in [-0.1, -0.05) is 17.3 Å². The number of hydrogen-bond acceptors (Lipinski definition) is 9. The largest absolute Gasteiger partial charge is 0.443 e. The molecular formula is C31H37F3N6O7S. The number of aromatic nitrogens is 3. The summed E-state index contributed by atoms with van der Waals surface area (Å²) in [6, 6.07) is 7.73. The van der Waals surface area contributed by atoms with Crippen LogP contribution >= 0.6 is 0 Å². The van der Waals surface area contributed by atoms with E-state index in [0.717, 1.165) is 36.2 Å². The number of primary amides is 1. The Labute approximate surface area is 275 Å². The molecule has 3 amide bonds. The highest BCUT2D eigenvalue weighted by Crippen LogP contribution is 2.44. The number of nitrogens with zero attached hydrogens (tertiary/aromatic N) is 5. The molecule has 1 aliphatic carbocycles. The van der Waals surface area contributed by atoms with Gasteiger partial charge in [0.2, 0.25) is 5.91 Å². The lowest BCUT2D eigenvalue weighted by Gasteiger charge is -2.29. The Kier molecular flexibility index (Phi) is 9.35. The fourth-order valence-corrected chi connectivity index (χ4v) is 5.61. The molecule has 0 bridgehead atoms. The van der Waals surface area contributed by atoms with Crippen molar-refractivity contribution >= 4 is 33.8 Å². The highest BCUT2D eigenvalue weighted by atomic mass is 32.2. The van der Waals surface area contributed by atoms with Crippen molar-refractivity contribution in [2.24, 2.45) is 5.73 Å². The van der Waals surface area contributed by atoms with Crippen molar-refractivity contribution in [1.29, 1.82) is 0 Å². The van der Waals surface area contributed by atoms with Crippen molar-refractivity contribution in [1.82, 2.24) is 19.3 Å². The van der Waals surface area contributed by atoms with Crippen molar-refractivity contribution in [3.8, 4) is 11.3 Å². The predicted molar refractivity (Wildman–Crippen MR) is 167 cm³/mol. The van der Waals surface area contributed by atoms with Gasteiger partial charge in [-0.15, -0.1) is 5.10 Å². The maximum atomic E-state index is 13.7. The van der Waals surface area contributed by atoms with Crippen LogP contribution in [-0.2, 0) is 42.6 Å². The van der Waals surface area contributed by atoms with Gasteiger partial charge in [-0.3, -0.25) is 9.69 Å². The van der Waals surface area contributed by atoms with Crippen LogP contribution < -0.4 is 10.6 Å². The van der Waals surface area contributed by atoms with E-state index in [1.807, 2.05) is 0 Å². The second-order valence-corrected chi connectivity index (χ2v) is 15.3. The number of carbonyl (C=O) groups is 3. The standard InChI is InChI=1S/C31H37F3N6O7S/c1-28(2,3)46-26(42)38(7)48(44,45)21-12-13-24(22(16-21)23-18-40(37-36-23)30(14-15-30)25(35)41)39(27(43)47-29(4,5)6)17-19-8-10-20(11-9-19)31(32,33)34/h8-13,16,18H,14-15,17H2,1-7H3,(H2,35,41). The van der Waals surface area contributed by atoms with Crippen molar-refractivity contribution in [3.63, 3.8) is 0 Å². The van der Waals surface area contributed by atoms with Gasteiger partial charge in [0.15, 0.2) is 0 Å². The van der Waals surface area contributed by atoms with Gasteiger partial charge in [0, 0.05) is 12.6 Å². The number of sulfonamides is 1. The number of ether oxygens (including phenoxy) is 2. The molecule has 3 aromatic rings. The van der Waals surface area contributed by atoms with E-state index in [4.69, 9.17) is 15.2 Å². The zero-order chi connectivity index (χ0) is 36.0. The van der Waals surface area contributed by atoms with E-state index in [0.29, 0.717) is 17.1 Å². The lowest BCUT2D eigenvalue weighted by atomic mass is 10.1. The van der Waals surface area contributed by atoms with Gasteiger partial charge in [0.1, 0.15) is 22.4 Å². The molecule has 48 heavy (non-hydrogen) atoms. The normalized spacial score (nSPS) is 14.6. The molecule has 0 unspecified atom stereocenters. The van der Waals surface area contributed by atoms with E-state index in [9.17, 15) is 36.0 Å². The quantitative estimate of drug-likeness (QED) is 0.323. The van der Waals surface area contributed by atoms with Crippen molar-refractivity contribution in [2.45, 2.75) is 88.7 Å². The summed E-state index contributed by atoms with van der Waals surface area (Å²) < 4.78 is 79.6. The molecule has 1 fully saturated rings. The average molecular weight is 695 g/mol. The number of carbonyl (C=O) groups excluding carboxylic acids is 3. The molecule has 0 saturated heterocycles. The molecule has 1 aromatic heterocycles. The van der Waals surface area contributed by atoms with E-state index < -0.39 is 56.6 Å². The highest BCUT2D eigenvalue weighted by molar-refractivity contribution is 7.89. The molecular weight excluding hydrogens is 657 g/mol. The Morgan fingerprint density at radius 1 is 0.938 bits per heavy atom. The molecule has 0 atom stereocenters. The van der Waals surface area contributed by atoms with Crippen LogP contribution in [0.4, 0.5) is 28.4 Å². The number of nitrogens with two attached hydrogens (primary N) is 1. The average Bonchev–Trinajstić information content (AvgIpc) is 3.63. The summed E-state index contributed by atoms with van der Waals surface area (Å²) in [7, 11) is -3.52. The Balaban J connectivity index is 1.88. The Hall–Kier alpha value is -4.67. The molecule has 2 aromatic carbocycles. The molecule has 1 heterocycles. The van der Waals surface area contributed by atoms with Crippen LogP contribution in [-0.4, -0.2) is 64.1 Å². The first-order valence-electron chi connectivity index (χ1n) is 14.7. The Morgan fingerprint density at radius 3 is 2.00 bits per heavy atom. The fraction of sp³-hybridized carbons (Fsp3) is 0.452. The summed E-state index contributed by atoms with van der Waals surface area (Å²) in [5, 5.41) is 8.21. The number of amides is 3. The highest BCUT2D eigenvalue weighted by Gasteiger charge is 2.52.